The van der Waals surface area contributed by atoms with Crippen molar-refractivity contribution in [3.8, 4) is 0 Å². The SMILES string of the molecule is CC(C)[C@@H](N)C(=O)NC(C(=O)O)C1CC1. The van der Waals surface area contributed by atoms with Gasteiger partial charge in [-0.2, -0.15) is 0 Å². The van der Waals surface area contributed by atoms with Crippen LogP contribution in [0.15, 0.2) is 0 Å². The molecule has 0 spiro atoms. The average molecular weight is 214 g/mol. The van der Waals surface area contributed by atoms with Crippen molar-refractivity contribution in [2.45, 2.75) is 38.8 Å². The maximum absolute atomic E-state index is 11.5. The first-order chi connectivity index (χ1) is 6.93. The topological polar surface area (TPSA) is 92.4 Å². The van der Waals surface area contributed by atoms with Crippen molar-refractivity contribution in [3.05, 3.63) is 0 Å². The highest BCUT2D eigenvalue weighted by Crippen LogP contribution is 2.32. The molecule has 1 rings (SSSR count). The fourth-order valence-electron chi connectivity index (χ4n) is 1.36. The van der Waals surface area contributed by atoms with Crippen LogP contribution in [0.4, 0.5) is 0 Å². The lowest BCUT2D eigenvalue weighted by molar-refractivity contribution is -0.142. The molecule has 1 amide bonds. The quantitative estimate of drug-likeness (QED) is 0.598. The van der Waals surface area contributed by atoms with Gasteiger partial charge >= 0.3 is 5.97 Å². The molecular formula is C10H18N2O3. The monoisotopic (exact) mass is 214 g/mol. The second kappa shape index (κ2) is 4.61. The van der Waals surface area contributed by atoms with Gasteiger partial charge in [-0.3, -0.25) is 4.79 Å². The minimum atomic E-state index is -0.971. The van der Waals surface area contributed by atoms with Crippen molar-refractivity contribution in [1.82, 2.24) is 5.32 Å². The van der Waals surface area contributed by atoms with Crippen molar-refractivity contribution in [1.29, 1.82) is 0 Å². The average Bonchev–Trinajstić information content (AvgIpc) is 2.95. The highest BCUT2D eigenvalue weighted by Gasteiger charge is 2.38. The minimum absolute atomic E-state index is 0.0126. The Morgan fingerprint density at radius 2 is 1.93 bits per heavy atom. The first-order valence-corrected chi connectivity index (χ1v) is 5.22. The fraction of sp³-hybridized carbons (Fsp3) is 0.800. The number of aliphatic carboxylic acids is 1. The van der Waals surface area contributed by atoms with E-state index in [2.05, 4.69) is 5.32 Å². The van der Waals surface area contributed by atoms with Crippen LogP contribution in [0.3, 0.4) is 0 Å². The Morgan fingerprint density at radius 1 is 1.40 bits per heavy atom. The molecule has 0 heterocycles. The molecule has 0 saturated heterocycles. The van der Waals surface area contributed by atoms with E-state index in [9.17, 15) is 9.59 Å². The van der Waals surface area contributed by atoms with Crippen LogP contribution in [-0.2, 0) is 9.59 Å². The smallest absolute Gasteiger partial charge is 0.326 e. The molecule has 0 aliphatic heterocycles. The fourth-order valence-corrected chi connectivity index (χ4v) is 1.36. The van der Waals surface area contributed by atoms with Gasteiger partial charge in [0.05, 0.1) is 6.04 Å². The summed E-state index contributed by atoms with van der Waals surface area (Å²) in [4.78, 5) is 22.4. The van der Waals surface area contributed by atoms with E-state index in [0.717, 1.165) is 12.8 Å². The molecule has 0 aromatic heterocycles. The molecule has 86 valence electrons. The molecule has 0 aromatic carbocycles. The number of carboxylic acids is 1. The number of nitrogens with two attached hydrogens (primary N) is 1. The largest absolute Gasteiger partial charge is 0.480 e. The zero-order valence-corrected chi connectivity index (χ0v) is 9.06. The highest BCUT2D eigenvalue weighted by molar-refractivity contribution is 5.87. The van der Waals surface area contributed by atoms with Crippen LogP contribution >= 0.6 is 0 Å². The summed E-state index contributed by atoms with van der Waals surface area (Å²) < 4.78 is 0. The third-order valence-corrected chi connectivity index (χ3v) is 2.68. The van der Waals surface area contributed by atoms with E-state index in [1.54, 1.807) is 0 Å². The Bertz CT molecular complexity index is 261. The lowest BCUT2D eigenvalue weighted by atomic mass is 10.0. The van der Waals surface area contributed by atoms with Gasteiger partial charge in [-0.25, -0.2) is 4.79 Å². The third-order valence-electron chi connectivity index (χ3n) is 2.68. The van der Waals surface area contributed by atoms with E-state index in [-0.39, 0.29) is 17.7 Å². The van der Waals surface area contributed by atoms with Crippen molar-refractivity contribution < 1.29 is 14.7 Å². The predicted octanol–water partition coefficient (Wildman–Crippen LogP) is -0.0509. The molecule has 1 saturated carbocycles. The number of amides is 1. The summed E-state index contributed by atoms with van der Waals surface area (Å²) in [5.41, 5.74) is 5.62. The minimum Gasteiger partial charge on any atom is -0.480 e. The van der Waals surface area contributed by atoms with E-state index >= 15 is 0 Å². The standard InChI is InChI=1S/C10H18N2O3/c1-5(2)7(11)9(13)12-8(10(14)15)6-3-4-6/h5-8H,3-4,11H2,1-2H3,(H,12,13)(H,14,15)/t7-,8?/m1/s1. The molecule has 4 N–H and O–H groups in total. The Kier molecular flexibility index (Phi) is 3.68. The van der Waals surface area contributed by atoms with Crippen LogP contribution < -0.4 is 11.1 Å². The highest BCUT2D eigenvalue weighted by atomic mass is 16.4. The van der Waals surface area contributed by atoms with Crippen LogP contribution in [-0.4, -0.2) is 29.1 Å². The van der Waals surface area contributed by atoms with Crippen molar-refractivity contribution in [3.63, 3.8) is 0 Å². The maximum atomic E-state index is 11.5. The molecule has 0 aromatic rings. The molecule has 1 fully saturated rings. The van der Waals surface area contributed by atoms with Crippen molar-refractivity contribution >= 4 is 11.9 Å². The van der Waals surface area contributed by atoms with E-state index in [4.69, 9.17) is 10.8 Å². The van der Waals surface area contributed by atoms with E-state index in [0.29, 0.717) is 0 Å². The van der Waals surface area contributed by atoms with Crippen LogP contribution in [0.2, 0.25) is 0 Å². The van der Waals surface area contributed by atoms with Gasteiger partial charge in [-0.1, -0.05) is 13.8 Å². The number of rotatable bonds is 5. The molecule has 5 nitrogen and oxygen atoms in total. The van der Waals surface area contributed by atoms with Gasteiger partial charge < -0.3 is 16.2 Å². The van der Waals surface area contributed by atoms with Gasteiger partial charge in [0.25, 0.3) is 0 Å². The van der Waals surface area contributed by atoms with E-state index in [1.807, 2.05) is 13.8 Å². The molecule has 5 heteroatoms. The lowest BCUT2D eigenvalue weighted by Crippen LogP contribution is -2.51. The van der Waals surface area contributed by atoms with Gasteiger partial charge in [0.2, 0.25) is 5.91 Å². The molecule has 0 bridgehead atoms. The zero-order valence-electron chi connectivity index (χ0n) is 9.06. The van der Waals surface area contributed by atoms with Crippen LogP contribution in [0, 0.1) is 11.8 Å². The number of carboxylic acid groups (broad SMARTS) is 1. The third kappa shape index (κ3) is 3.20. The van der Waals surface area contributed by atoms with Gasteiger partial charge in [0, 0.05) is 0 Å². The Hall–Kier alpha value is -1.10. The van der Waals surface area contributed by atoms with E-state index < -0.39 is 18.1 Å². The first-order valence-electron chi connectivity index (χ1n) is 5.22. The lowest BCUT2D eigenvalue weighted by Gasteiger charge is -2.19. The summed E-state index contributed by atoms with van der Waals surface area (Å²) in [5.74, 6) is -1.24. The number of nitrogens with one attached hydrogen (secondary N) is 1. The second-order valence-corrected chi connectivity index (χ2v) is 4.43. The van der Waals surface area contributed by atoms with Gasteiger partial charge in [-0.05, 0) is 24.7 Å². The van der Waals surface area contributed by atoms with Crippen LogP contribution in [0.1, 0.15) is 26.7 Å². The van der Waals surface area contributed by atoms with Gasteiger partial charge in [0.1, 0.15) is 6.04 Å². The van der Waals surface area contributed by atoms with Crippen LogP contribution in [0.5, 0.6) is 0 Å². The number of hydrogen-bond donors (Lipinski definition) is 3. The summed E-state index contributed by atoms with van der Waals surface area (Å²) in [6, 6.07) is -1.40. The number of hydrogen-bond acceptors (Lipinski definition) is 3. The Balaban J connectivity index is 2.50. The Labute approximate surface area is 89.0 Å². The van der Waals surface area contributed by atoms with Crippen LogP contribution in [0.25, 0.3) is 0 Å². The summed E-state index contributed by atoms with van der Waals surface area (Å²) in [6.45, 7) is 3.66. The molecule has 1 aliphatic rings. The molecule has 1 unspecified atom stereocenters. The summed E-state index contributed by atoms with van der Waals surface area (Å²) in [5, 5.41) is 11.4. The molecular weight excluding hydrogens is 196 g/mol. The van der Waals surface area contributed by atoms with Gasteiger partial charge in [0.15, 0.2) is 0 Å². The van der Waals surface area contributed by atoms with E-state index in [1.165, 1.54) is 0 Å². The summed E-state index contributed by atoms with van der Waals surface area (Å²) >= 11 is 0. The number of carbonyl (C=O) groups excluding carboxylic acids is 1. The first kappa shape index (κ1) is 12.0. The van der Waals surface area contributed by atoms with Gasteiger partial charge in [-0.15, -0.1) is 0 Å². The predicted molar refractivity (Wildman–Crippen MR) is 55.1 cm³/mol. The zero-order chi connectivity index (χ0) is 11.6. The van der Waals surface area contributed by atoms with Crippen molar-refractivity contribution in [2.75, 3.05) is 0 Å². The molecule has 0 radical (unpaired) electrons. The summed E-state index contributed by atoms with van der Waals surface area (Å²) in [6.07, 6.45) is 1.74. The second-order valence-electron chi connectivity index (χ2n) is 4.43. The Morgan fingerprint density at radius 3 is 2.27 bits per heavy atom. The molecule has 1 aliphatic carbocycles. The normalized spacial score (nSPS) is 19.7. The number of carbonyl (C=O) groups is 2. The summed E-state index contributed by atoms with van der Waals surface area (Å²) in [7, 11) is 0. The molecule has 2 atom stereocenters. The van der Waals surface area contributed by atoms with Crippen molar-refractivity contribution in [2.24, 2.45) is 17.6 Å². The maximum Gasteiger partial charge on any atom is 0.326 e. The molecule has 15 heavy (non-hydrogen) atoms.